The molecule has 0 N–H and O–H groups in total. The molecule has 0 aliphatic rings. The zero-order valence-corrected chi connectivity index (χ0v) is 10.7. The molecule has 0 bridgehead atoms. The van der Waals surface area contributed by atoms with Crippen molar-refractivity contribution in [1.29, 1.82) is 0 Å². The molecule has 3 nitrogen and oxygen atoms in total. The highest BCUT2D eigenvalue weighted by Gasteiger charge is 2.03. The minimum atomic E-state index is -0.351. The fraction of sp³-hybridized carbons (Fsp3) is 0.538. The number of benzene rings is 1. The Bertz CT molecular complexity index is 340. The van der Waals surface area contributed by atoms with E-state index >= 15 is 0 Å². The monoisotopic (exact) mass is 241 g/mol. The van der Waals surface area contributed by atoms with Gasteiger partial charge in [0.05, 0.1) is 0 Å². The molecule has 0 unspecified atom stereocenters. The van der Waals surface area contributed by atoms with E-state index in [2.05, 4.69) is 18.7 Å². The van der Waals surface area contributed by atoms with Gasteiger partial charge in [-0.15, -0.1) is 0 Å². The Kier molecular flexibility index (Phi) is 5.94. The van der Waals surface area contributed by atoms with Crippen molar-refractivity contribution in [2.45, 2.75) is 20.8 Å². The summed E-state index contributed by atoms with van der Waals surface area (Å²) in [7, 11) is 0. The SMILES string of the molecule is CCN(CC)COCOc1ccc(C)cc1F. The highest BCUT2D eigenvalue weighted by atomic mass is 19.1. The Morgan fingerprint density at radius 3 is 2.53 bits per heavy atom. The first kappa shape index (κ1) is 13.9. The van der Waals surface area contributed by atoms with Crippen LogP contribution in [0.3, 0.4) is 0 Å². The Morgan fingerprint density at radius 2 is 1.94 bits per heavy atom. The predicted octanol–water partition coefficient (Wildman–Crippen LogP) is 2.79. The zero-order valence-electron chi connectivity index (χ0n) is 10.7. The molecule has 0 aromatic heterocycles. The number of rotatable bonds is 7. The molecular weight excluding hydrogens is 221 g/mol. The molecule has 1 aromatic rings. The summed E-state index contributed by atoms with van der Waals surface area (Å²) in [6.07, 6.45) is 0. The summed E-state index contributed by atoms with van der Waals surface area (Å²) in [4.78, 5) is 2.11. The van der Waals surface area contributed by atoms with Gasteiger partial charge in [0.25, 0.3) is 0 Å². The largest absolute Gasteiger partial charge is 0.464 e. The molecule has 0 aliphatic heterocycles. The molecule has 1 rings (SSSR count). The molecule has 0 radical (unpaired) electrons. The lowest BCUT2D eigenvalue weighted by molar-refractivity contribution is -0.0404. The first-order valence-corrected chi connectivity index (χ1v) is 5.86. The van der Waals surface area contributed by atoms with Crippen molar-refractivity contribution in [3.05, 3.63) is 29.6 Å². The van der Waals surface area contributed by atoms with Gasteiger partial charge in [-0.1, -0.05) is 19.9 Å². The topological polar surface area (TPSA) is 21.7 Å². The van der Waals surface area contributed by atoms with Gasteiger partial charge < -0.3 is 9.47 Å². The third-order valence-corrected chi connectivity index (χ3v) is 2.55. The Morgan fingerprint density at radius 1 is 1.24 bits per heavy atom. The Hall–Kier alpha value is -1.13. The molecular formula is C13H20FNO2. The van der Waals surface area contributed by atoms with Crippen LogP contribution in [0.25, 0.3) is 0 Å². The van der Waals surface area contributed by atoms with E-state index in [1.54, 1.807) is 6.07 Å². The number of nitrogens with zero attached hydrogens (tertiary/aromatic N) is 1. The molecule has 0 saturated heterocycles. The van der Waals surface area contributed by atoms with Crippen molar-refractivity contribution in [3.63, 3.8) is 0 Å². The molecule has 0 heterocycles. The van der Waals surface area contributed by atoms with Crippen LogP contribution in [0.15, 0.2) is 18.2 Å². The van der Waals surface area contributed by atoms with Crippen molar-refractivity contribution in [2.24, 2.45) is 0 Å². The average molecular weight is 241 g/mol. The number of hydrogen-bond acceptors (Lipinski definition) is 3. The van der Waals surface area contributed by atoms with Crippen LogP contribution in [0.1, 0.15) is 19.4 Å². The molecule has 0 amide bonds. The van der Waals surface area contributed by atoms with Crippen LogP contribution in [0.2, 0.25) is 0 Å². The minimum Gasteiger partial charge on any atom is -0.464 e. The van der Waals surface area contributed by atoms with Crippen LogP contribution in [0.4, 0.5) is 4.39 Å². The van der Waals surface area contributed by atoms with E-state index in [9.17, 15) is 4.39 Å². The third-order valence-electron chi connectivity index (χ3n) is 2.55. The van der Waals surface area contributed by atoms with Gasteiger partial charge >= 0.3 is 0 Å². The molecule has 0 fully saturated rings. The Balaban J connectivity index is 2.31. The predicted molar refractivity (Wildman–Crippen MR) is 65.5 cm³/mol. The molecule has 4 heteroatoms. The zero-order chi connectivity index (χ0) is 12.7. The molecule has 17 heavy (non-hydrogen) atoms. The smallest absolute Gasteiger partial charge is 0.190 e. The number of ether oxygens (including phenoxy) is 2. The molecule has 0 saturated carbocycles. The van der Waals surface area contributed by atoms with Gasteiger partial charge in [0.15, 0.2) is 18.4 Å². The van der Waals surface area contributed by atoms with Crippen LogP contribution in [0, 0.1) is 12.7 Å². The maximum absolute atomic E-state index is 13.4. The summed E-state index contributed by atoms with van der Waals surface area (Å²) in [5.74, 6) is -0.119. The van der Waals surface area contributed by atoms with Gasteiger partial charge in [-0.3, -0.25) is 4.90 Å². The van der Waals surface area contributed by atoms with Gasteiger partial charge in [0, 0.05) is 0 Å². The van der Waals surface area contributed by atoms with Gasteiger partial charge in [0.1, 0.15) is 6.73 Å². The van der Waals surface area contributed by atoms with Crippen molar-refractivity contribution in [3.8, 4) is 5.75 Å². The second-order valence-electron chi connectivity index (χ2n) is 3.83. The molecule has 0 aliphatic carbocycles. The van der Waals surface area contributed by atoms with Crippen LogP contribution >= 0.6 is 0 Å². The summed E-state index contributed by atoms with van der Waals surface area (Å²) in [5.41, 5.74) is 0.874. The van der Waals surface area contributed by atoms with E-state index in [0.717, 1.165) is 18.7 Å². The molecule has 0 spiro atoms. The van der Waals surface area contributed by atoms with Crippen LogP contribution in [-0.4, -0.2) is 31.5 Å². The second kappa shape index (κ2) is 7.25. The maximum atomic E-state index is 13.4. The van der Waals surface area contributed by atoms with Crippen molar-refractivity contribution >= 4 is 0 Å². The van der Waals surface area contributed by atoms with Gasteiger partial charge in [0.2, 0.25) is 0 Å². The highest BCUT2D eigenvalue weighted by molar-refractivity contribution is 5.28. The lowest BCUT2D eigenvalue weighted by Crippen LogP contribution is -2.26. The van der Waals surface area contributed by atoms with Crippen molar-refractivity contribution < 1.29 is 13.9 Å². The first-order valence-electron chi connectivity index (χ1n) is 5.86. The summed E-state index contributed by atoms with van der Waals surface area (Å²) in [5, 5.41) is 0. The third kappa shape index (κ3) is 4.71. The minimum absolute atomic E-state index is 0.0660. The van der Waals surface area contributed by atoms with Gasteiger partial charge in [-0.25, -0.2) is 4.39 Å². The summed E-state index contributed by atoms with van der Waals surface area (Å²) in [6.45, 7) is 8.38. The number of halogens is 1. The summed E-state index contributed by atoms with van der Waals surface area (Å²) in [6, 6.07) is 4.87. The van der Waals surface area contributed by atoms with E-state index < -0.39 is 0 Å². The fourth-order valence-corrected chi connectivity index (χ4v) is 1.40. The van der Waals surface area contributed by atoms with Crippen LogP contribution < -0.4 is 4.74 Å². The van der Waals surface area contributed by atoms with E-state index in [4.69, 9.17) is 9.47 Å². The second-order valence-corrected chi connectivity index (χ2v) is 3.83. The van der Waals surface area contributed by atoms with E-state index in [-0.39, 0.29) is 18.4 Å². The van der Waals surface area contributed by atoms with E-state index in [1.807, 2.05) is 13.0 Å². The summed E-state index contributed by atoms with van der Waals surface area (Å²) >= 11 is 0. The molecule has 0 atom stereocenters. The summed E-state index contributed by atoms with van der Waals surface area (Å²) < 4.78 is 23.9. The van der Waals surface area contributed by atoms with E-state index in [0.29, 0.717) is 6.73 Å². The molecule has 1 aromatic carbocycles. The van der Waals surface area contributed by atoms with Crippen LogP contribution in [0.5, 0.6) is 5.75 Å². The standard InChI is InChI=1S/C13H20FNO2/c1-4-15(5-2)9-16-10-17-13-7-6-11(3)8-12(13)14/h6-8H,4-5,9-10H2,1-3H3. The van der Waals surface area contributed by atoms with Crippen molar-refractivity contribution in [1.82, 2.24) is 4.90 Å². The fourth-order valence-electron chi connectivity index (χ4n) is 1.40. The number of aryl methyl sites for hydroxylation is 1. The Labute approximate surface area is 102 Å². The normalized spacial score (nSPS) is 10.9. The quantitative estimate of drug-likeness (QED) is 0.541. The maximum Gasteiger partial charge on any atom is 0.190 e. The van der Waals surface area contributed by atoms with E-state index in [1.165, 1.54) is 6.07 Å². The first-order chi connectivity index (χ1) is 8.17. The lowest BCUT2D eigenvalue weighted by atomic mass is 10.2. The number of hydrogen-bond donors (Lipinski definition) is 0. The highest BCUT2D eigenvalue weighted by Crippen LogP contribution is 2.17. The van der Waals surface area contributed by atoms with Gasteiger partial charge in [-0.05, 0) is 37.7 Å². The lowest BCUT2D eigenvalue weighted by Gasteiger charge is -2.18. The average Bonchev–Trinajstić information content (AvgIpc) is 2.32. The molecule has 96 valence electrons. The van der Waals surface area contributed by atoms with Gasteiger partial charge in [-0.2, -0.15) is 0 Å². The van der Waals surface area contributed by atoms with Crippen LogP contribution in [-0.2, 0) is 4.74 Å². The van der Waals surface area contributed by atoms with Crippen molar-refractivity contribution in [2.75, 3.05) is 26.6 Å².